The first-order valence-electron chi connectivity index (χ1n) is 8.16. The van der Waals surface area contributed by atoms with Crippen LogP contribution in [-0.2, 0) is 4.74 Å². The summed E-state index contributed by atoms with van der Waals surface area (Å²) in [6.07, 6.45) is 1.73. The second kappa shape index (κ2) is 7.53. The van der Waals surface area contributed by atoms with E-state index in [4.69, 9.17) is 9.47 Å². The molecule has 122 valence electrons. The van der Waals surface area contributed by atoms with Gasteiger partial charge in [-0.15, -0.1) is 0 Å². The van der Waals surface area contributed by atoms with E-state index in [1.54, 1.807) is 12.3 Å². The molecule has 0 unspecified atom stereocenters. The van der Waals surface area contributed by atoms with Gasteiger partial charge in [-0.3, -0.25) is 4.90 Å². The van der Waals surface area contributed by atoms with Crippen LogP contribution in [0.5, 0.6) is 5.88 Å². The maximum absolute atomic E-state index is 5.44. The fourth-order valence-corrected chi connectivity index (χ4v) is 2.80. The summed E-state index contributed by atoms with van der Waals surface area (Å²) in [7, 11) is 0. The highest BCUT2D eigenvalue weighted by Gasteiger charge is 2.18. The number of hydrogen-bond donors (Lipinski definition) is 0. The molecule has 1 atom stereocenters. The van der Waals surface area contributed by atoms with Crippen LogP contribution in [0.25, 0.3) is 11.4 Å². The van der Waals surface area contributed by atoms with Gasteiger partial charge in [-0.1, -0.05) is 24.3 Å². The van der Waals surface area contributed by atoms with E-state index in [1.807, 2.05) is 6.92 Å². The minimum Gasteiger partial charge on any atom is -0.478 e. The molecule has 0 bridgehead atoms. The summed E-state index contributed by atoms with van der Waals surface area (Å²) in [6.45, 7) is 8.41. The first-order valence-corrected chi connectivity index (χ1v) is 8.16. The second-order valence-electron chi connectivity index (χ2n) is 5.60. The van der Waals surface area contributed by atoms with Gasteiger partial charge in [-0.2, -0.15) is 4.98 Å². The van der Waals surface area contributed by atoms with Crippen LogP contribution in [0.1, 0.15) is 25.5 Å². The van der Waals surface area contributed by atoms with Crippen molar-refractivity contribution >= 4 is 0 Å². The Kier molecular flexibility index (Phi) is 5.20. The van der Waals surface area contributed by atoms with Crippen LogP contribution in [-0.4, -0.2) is 47.8 Å². The normalized spacial score (nSPS) is 17.0. The summed E-state index contributed by atoms with van der Waals surface area (Å²) in [6, 6.07) is 10.7. The van der Waals surface area contributed by atoms with E-state index in [2.05, 4.69) is 46.1 Å². The summed E-state index contributed by atoms with van der Waals surface area (Å²) in [5.41, 5.74) is 2.31. The lowest BCUT2D eigenvalue weighted by Crippen LogP contribution is -2.37. The first-order chi connectivity index (χ1) is 11.3. The molecule has 1 fully saturated rings. The SMILES string of the molecule is CCOc1ccnc(-c2ccc([C@H](C)N3CCOCC3)cc2)n1. The van der Waals surface area contributed by atoms with Crippen LogP contribution < -0.4 is 4.74 Å². The van der Waals surface area contributed by atoms with Gasteiger partial charge in [0.15, 0.2) is 5.82 Å². The molecule has 0 amide bonds. The zero-order valence-electron chi connectivity index (χ0n) is 13.7. The van der Waals surface area contributed by atoms with E-state index in [-0.39, 0.29) is 0 Å². The van der Waals surface area contributed by atoms with Crippen molar-refractivity contribution in [3.05, 3.63) is 42.1 Å². The smallest absolute Gasteiger partial charge is 0.216 e. The fraction of sp³-hybridized carbons (Fsp3) is 0.444. The standard InChI is InChI=1S/C18H23N3O2/c1-3-23-17-8-9-19-18(20-17)16-6-4-15(5-7-16)14(2)21-10-12-22-13-11-21/h4-9,14H,3,10-13H2,1-2H3/t14-/m0/s1. The Balaban J connectivity index is 1.74. The van der Waals surface area contributed by atoms with Gasteiger partial charge in [0.25, 0.3) is 0 Å². The molecule has 5 nitrogen and oxygen atoms in total. The molecule has 1 aromatic heterocycles. The predicted molar refractivity (Wildman–Crippen MR) is 89.4 cm³/mol. The van der Waals surface area contributed by atoms with Crippen molar-refractivity contribution in [3.8, 4) is 17.3 Å². The van der Waals surface area contributed by atoms with Crippen LogP contribution in [0, 0.1) is 0 Å². The van der Waals surface area contributed by atoms with Gasteiger partial charge in [0.1, 0.15) is 0 Å². The third kappa shape index (κ3) is 3.86. The lowest BCUT2D eigenvalue weighted by molar-refractivity contribution is 0.0198. The van der Waals surface area contributed by atoms with Crippen LogP contribution in [0.3, 0.4) is 0 Å². The van der Waals surface area contributed by atoms with Crippen molar-refractivity contribution in [2.45, 2.75) is 19.9 Å². The fourth-order valence-electron chi connectivity index (χ4n) is 2.80. The summed E-state index contributed by atoms with van der Waals surface area (Å²) in [4.78, 5) is 11.2. The average molecular weight is 313 g/mol. The molecule has 1 aromatic carbocycles. The molecule has 1 aliphatic heterocycles. The van der Waals surface area contributed by atoms with Gasteiger partial charge in [-0.25, -0.2) is 4.98 Å². The van der Waals surface area contributed by atoms with E-state index in [0.717, 1.165) is 31.9 Å². The highest BCUT2D eigenvalue weighted by molar-refractivity contribution is 5.55. The van der Waals surface area contributed by atoms with Gasteiger partial charge in [0, 0.05) is 37.0 Å². The number of rotatable bonds is 5. The molecular weight excluding hydrogens is 290 g/mol. The molecule has 2 heterocycles. The van der Waals surface area contributed by atoms with E-state index < -0.39 is 0 Å². The van der Waals surface area contributed by atoms with Crippen molar-refractivity contribution in [2.24, 2.45) is 0 Å². The number of aromatic nitrogens is 2. The molecule has 1 aliphatic rings. The lowest BCUT2D eigenvalue weighted by atomic mass is 10.0. The summed E-state index contributed by atoms with van der Waals surface area (Å²) in [5, 5.41) is 0. The van der Waals surface area contributed by atoms with Crippen LogP contribution in [0.15, 0.2) is 36.5 Å². The first kappa shape index (κ1) is 15.9. The summed E-state index contributed by atoms with van der Waals surface area (Å²) < 4.78 is 10.9. The van der Waals surface area contributed by atoms with Gasteiger partial charge in [0.2, 0.25) is 5.88 Å². The average Bonchev–Trinajstić information content (AvgIpc) is 2.62. The Morgan fingerprint density at radius 3 is 2.61 bits per heavy atom. The minimum atomic E-state index is 0.392. The Bertz CT molecular complexity index is 624. The molecule has 23 heavy (non-hydrogen) atoms. The van der Waals surface area contributed by atoms with E-state index in [9.17, 15) is 0 Å². The molecule has 0 saturated carbocycles. The Morgan fingerprint density at radius 2 is 1.91 bits per heavy atom. The Hall–Kier alpha value is -1.98. The molecular formula is C18H23N3O2. The molecule has 0 N–H and O–H groups in total. The maximum Gasteiger partial charge on any atom is 0.216 e. The zero-order chi connectivity index (χ0) is 16.1. The highest BCUT2D eigenvalue weighted by atomic mass is 16.5. The van der Waals surface area contributed by atoms with Crippen LogP contribution in [0.2, 0.25) is 0 Å². The van der Waals surface area contributed by atoms with E-state index >= 15 is 0 Å². The summed E-state index contributed by atoms with van der Waals surface area (Å²) >= 11 is 0. The minimum absolute atomic E-state index is 0.392. The van der Waals surface area contributed by atoms with Crippen molar-refractivity contribution < 1.29 is 9.47 Å². The monoisotopic (exact) mass is 313 g/mol. The van der Waals surface area contributed by atoms with Crippen LogP contribution in [0.4, 0.5) is 0 Å². The molecule has 0 radical (unpaired) electrons. The van der Waals surface area contributed by atoms with Gasteiger partial charge >= 0.3 is 0 Å². The quantitative estimate of drug-likeness (QED) is 0.849. The lowest BCUT2D eigenvalue weighted by Gasteiger charge is -2.32. The van der Waals surface area contributed by atoms with Gasteiger partial charge in [-0.05, 0) is 19.4 Å². The Labute approximate surface area is 137 Å². The van der Waals surface area contributed by atoms with E-state index in [1.165, 1.54) is 5.56 Å². The maximum atomic E-state index is 5.44. The number of benzene rings is 1. The van der Waals surface area contributed by atoms with Gasteiger partial charge < -0.3 is 9.47 Å². The van der Waals surface area contributed by atoms with Crippen molar-refractivity contribution in [2.75, 3.05) is 32.9 Å². The van der Waals surface area contributed by atoms with Crippen LogP contribution >= 0.6 is 0 Å². The summed E-state index contributed by atoms with van der Waals surface area (Å²) in [5.74, 6) is 1.31. The topological polar surface area (TPSA) is 47.5 Å². The molecule has 2 aromatic rings. The molecule has 0 spiro atoms. The predicted octanol–water partition coefficient (Wildman–Crippen LogP) is 2.94. The number of nitrogens with zero attached hydrogens (tertiary/aromatic N) is 3. The zero-order valence-corrected chi connectivity index (χ0v) is 13.7. The largest absolute Gasteiger partial charge is 0.478 e. The van der Waals surface area contributed by atoms with Crippen molar-refractivity contribution in [3.63, 3.8) is 0 Å². The molecule has 5 heteroatoms. The third-order valence-corrected chi connectivity index (χ3v) is 4.17. The van der Waals surface area contributed by atoms with Gasteiger partial charge in [0.05, 0.1) is 19.8 Å². The van der Waals surface area contributed by atoms with Crippen molar-refractivity contribution in [1.29, 1.82) is 0 Å². The molecule has 0 aliphatic carbocycles. The van der Waals surface area contributed by atoms with E-state index in [0.29, 0.717) is 24.4 Å². The molecule has 3 rings (SSSR count). The number of ether oxygens (including phenoxy) is 2. The Morgan fingerprint density at radius 1 is 1.17 bits per heavy atom. The van der Waals surface area contributed by atoms with Crippen molar-refractivity contribution in [1.82, 2.24) is 14.9 Å². The highest BCUT2D eigenvalue weighted by Crippen LogP contribution is 2.24. The third-order valence-electron chi connectivity index (χ3n) is 4.17. The second-order valence-corrected chi connectivity index (χ2v) is 5.60. The number of morpholine rings is 1. The number of hydrogen-bond acceptors (Lipinski definition) is 5. The molecule has 1 saturated heterocycles.